The van der Waals surface area contributed by atoms with Gasteiger partial charge in [-0.25, -0.2) is 22.9 Å². The minimum atomic E-state index is -5.36. The lowest BCUT2D eigenvalue weighted by Gasteiger charge is -2.13. The smallest absolute Gasteiger partial charge is 0.461 e. The second-order valence-corrected chi connectivity index (χ2v) is 3.28. The molecule has 20 heavy (non-hydrogen) atoms. The van der Waals surface area contributed by atoms with Gasteiger partial charge in [-0.3, -0.25) is 0 Å². The van der Waals surface area contributed by atoms with Gasteiger partial charge in [-0.05, 0) is 6.92 Å². The second-order valence-electron chi connectivity index (χ2n) is 3.28. The van der Waals surface area contributed by atoms with E-state index in [0.717, 1.165) is 0 Å². The average Bonchev–Trinajstić information content (AvgIpc) is 2.25. The van der Waals surface area contributed by atoms with E-state index in [9.17, 15) is 31.1 Å². The summed E-state index contributed by atoms with van der Waals surface area (Å²) in [6.45, 7) is 1.23. The monoisotopic (exact) mass is 303 g/mol. The summed E-state index contributed by atoms with van der Waals surface area (Å²) in [7, 11) is 0. The van der Waals surface area contributed by atoms with Gasteiger partial charge in [-0.1, -0.05) is 0 Å². The SMILES string of the molecule is CCOC(=O)c1cc(F)c(C(F)F)c(OC(F)(F)F)n1. The van der Waals surface area contributed by atoms with E-state index in [0.29, 0.717) is 0 Å². The second kappa shape index (κ2) is 5.97. The molecule has 1 rings (SSSR count). The van der Waals surface area contributed by atoms with Gasteiger partial charge in [-0.2, -0.15) is 0 Å². The van der Waals surface area contributed by atoms with Crippen LogP contribution >= 0.6 is 0 Å². The van der Waals surface area contributed by atoms with Crippen molar-refractivity contribution in [2.75, 3.05) is 6.61 Å². The predicted molar refractivity (Wildman–Crippen MR) is 51.8 cm³/mol. The van der Waals surface area contributed by atoms with Crippen LogP contribution in [0.1, 0.15) is 29.4 Å². The fraction of sp³-hybridized carbons (Fsp3) is 0.400. The molecule has 0 aliphatic carbocycles. The van der Waals surface area contributed by atoms with Crippen molar-refractivity contribution in [3.05, 3.63) is 23.1 Å². The highest BCUT2D eigenvalue weighted by atomic mass is 19.4. The number of hydrogen-bond acceptors (Lipinski definition) is 4. The largest absolute Gasteiger partial charge is 0.574 e. The summed E-state index contributed by atoms with van der Waals surface area (Å²) in [5.74, 6) is -4.74. The van der Waals surface area contributed by atoms with Crippen molar-refractivity contribution in [2.24, 2.45) is 0 Å². The molecule has 0 unspecified atom stereocenters. The molecule has 112 valence electrons. The van der Waals surface area contributed by atoms with Crippen molar-refractivity contribution in [3.8, 4) is 5.88 Å². The molecule has 0 amide bonds. The van der Waals surface area contributed by atoms with Crippen LogP contribution in [0, 0.1) is 5.82 Å². The van der Waals surface area contributed by atoms with E-state index in [2.05, 4.69) is 14.5 Å². The minimum absolute atomic E-state index is 0.159. The molecule has 0 saturated heterocycles. The fourth-order valence-corrected chi connectivity index (χ4v) is 1.20. The first kappa shape index (κ1) is 16.1. The number of esters is 1. The predicted octanol–water partition coefficient (Wildman–Crippen LogP) is 3.23. The van der Waals surface area contributed by atoms with Gasteiger partial charge < -0.3 is 9.47 Å². The Bertz CT molecular complexity index is 503. The average molecular weight is 303 g/mol. The standard InChI is InChI=1S/C10H7F6NO3/c1-2-19-9(18)5-3-4(11)6(7(12)13)8(17-5)20-10(14,15)16/h3,7H,2H2,1H3. The van der Waals surface area contributed by atoms with Gasteiger partial charge in [0.15, 0.2) is 5.69 Å². The normalized spacial score (nSPS) is 11.6. The molecule has 0 fully saturated rings. The quantitative estimate of drug-likeness (QED) is 0.633. The molecule has 0 radical (unpaired) electrons. The fourth-order valence-electron chi connectivity index (χ4n) is 1.20. The Balaban J connectivity index is 3.31. The van der Waals surface area contributed by atoms with Gasteiger partial charge in [0.05, 0.1) is 6.61 Å². The van der Waals surface area contributed by atoms with E-state index in [1.165, 1.54) is 6.92 Å². The van der Waals surface area contributed by atoms with E-state index >= 15 is 0 Å². The lowest BCUT2D eigenvalue weighted by Crippen LogP contribution is -2.21. The van der Waals surface area contributed by atoms with Gasteiger partial charge in [0.2, 0.25) is 5.88 Å². The molecule has 4 nitrogen and oxygen atoms in total. The molecule has 1 aromatic rings. The first-order valence-electron chi connectivity index (χ1n) is 5.07. The highest BCUT2D eigenvalue weighted by Crippen LogP contribution is 2.33. The summed E-state index contributed by atoms with van der Waals surface area (Å²) in [6.07, 6.45) is -8.97. The molecule has 0 aliphatic rings. The lowest BCUT2D eigenvalue weighted by atomic mass is 10.2. The number of aromatic nitrogens is 1. The molecule has 0 N–H and O–H groups in total. The molecule has 0 atom stereocenters. The van der Waals surface area contributed by atoms with E-state index in [4.69, 9.17) is 0 Å². The van der Waals surface area contributed by atoms with Gasteiger partial charge >= 0.3 is 12.3 Å². The zero-order chi connectivity index (χ0) is 15.5. The van der Waals surface area contributed by atoms with Crippen LogP contribution in [0.2, 0.25) is 0 Å². The Morgan fingerprint density at radius 3 is 2.45 bits per heavy atom. The molecule has 0 aliphatic heterocycles. The summed E-state index contributed by atoms with van der Waals surface area (Å²) in [5, 5.41) is 0. The van der Waals surface area contributed by atoms with Crippen molar-refractivity contribution in [3.63, 3.8) is 0 Å². The maximum atomic E-state index is 13.4. The van der Waals surface area contributed by atoms with E-state index in [1.54, 1.807) is 0 Å². The van der Waals surface area contributed by atoms with Gasteiger partial charge in [0.25, 0.3) is 6.43 Å². The summed E-state index contributed by atoms with van der Waals surface area (Å²) in [4.78, 5) is 14.1. The van der Waals surface area contributed by atoms with Crippen LogP contribution in [0.5, 0.6) is 5.88 Å². The summed E-state index contributed by atoms with van der Waals surface area (Å²) in [5.41, 5.74) is -2.59. The molecule has 10 heteroatoms. The molecule has 0 aromatic carbocycles. The Morgan fingerprint density at radius 1 is 1.40 bits per heavy atom. The minimum Gasteiger partial charge on any atom is -0.461 e. The zero-order valence-corrected chi connectivity index (χ0v) is 9.80. The number of halogens is 6. The highest BCUT2D eigenvalue weighted by molar-refractivity contribution is 5.87. The van der Waals surface area contributed by atoms with Gasteiger partial charge in [0, 0.05) is 6.07 Å². The van der Waals surface area contributed by atoms with E-state index < -0.39 is 41.7 Å². The van der Waals surface area contributed by atoms with Crippen LogP contribution in [0.3, 0.4) is 0 Å². The van der Waals surface area contributed by atoms with E-state index in [1.807, 2.05) is 0 Å². The van der Waals surface area contributed by atoms with Crippen molar-refractivity contribution < 1.29 is 40.6 Å². The van der Waals surface area contributed by atoms with Crippen LogP contribution < -0.4 is 4.74 Å². The third-order valence-corrected chi connectivity index (χ3v) is 1.89. The number of carbonyl (C=O) groups excluding carboxylic acids is 1. The molecule has 0 bridgehead atoms. The molecular weight excluding hydrogens is 296 g/mol. The maximum Gasteiger partial charge on any atom is 0.574 e. The van der Waals surface area contributed by atoms with Crippen molar-refractivity contribution in [2.45, 2.75) is 19.7 Å². The lowest BCUT2D eigenvalue weighted by molar-refractivity contribution is -0.276. The summed E-state index contributed by atoms with van der Waals surface area (Å²) >= 11 is 0. The molecule has 1 aromatic heterocycles. The van der Waals surface area contributed by atoms with Crippen LogP contribution in [-0.2, 0) is 4.74 Å². The van der Waals surface area contributed by atoms with Crippen molar-refractivity contribution in [1.82, 2.24) is 4.98 Å². The molecule has 0 saturated carbocycles. The number of alkyl halides is 5. The van der Waals surface area contributed by atoms with Crippen LogP contribution in [0.4, 0.5) is 26.3 Å². The van der Waals surface area contributed by atoms with E-state index in [-0.39, 0.29) is 12.7 Å². The molecular formula is C10H7F6NO3. The van der Waals surface area contributed by atoms with Gasteiger partial charge in [-0.15, -0.1) is 13.2 Å². The number of carbonyl (C=O) groups is 1. The number of hydrogen-bond donors (Lipinski definition) is 0. The number of rotatable bonds is 4. The molecule has 0 spiro atoms. The number of pyridine rings is 1. The summed E-state index contributed by atoms with van der Waals surface area (Å²) < 4.78 is 82.1. The topological polar surface area (TPSA) is 48.4 Å². The number of ether oxygens (including phenoxy) is 2. The Morgan fingerprint density at radius 2 is 2.00 bits per heavy atom. The van der Waals surface area contributed by atoms with Crippen molar-refractivity contribution in [1.29, 1.82) is 0 Å². The Kier molecular flexibility index (Phi) is 4.79. The Hall–Kier alpha value is -2.00. The third-order valence-electron chi connectivity index (χ3n) is 1.89. The third kappa shape index (κ3) is 4.00. The first-order valence-corrected chi connectivity index (χ1v) is 5.07. The highest BCUT2D eigenvalue weighted by Gasteiger charge is 2.36. The number of nitrogens with zero attached hydrogens (tertiary/aromatic N) is 1. The van der Waals surface area contributed by atoms with Crippen LogP contribution in [-0.4, -0.2) is 23.9 Å². The van der Waals surface area contributed by atoms with Crippen LogP contribution in [0.15, 0.2) is 6.07 Å². The Labute approximate surface area is 108 Å². The molecule has 1 heterocycles. The van der Waals surface area contributed by atoms with Crippen molar-refractivity contribution >= 4 is 5.97 Å². The van der Waals surface area contributed by atoms with Crippen LogP contribution in [0.25, 0.3) is 0 Å². The first-order chi connectivity index (χ1) is 9.15. The zero-order valence-electron chi connectivity index (χ0n) is 9.80. The summed E-state index contributed by atoms with van der Waals surface area (Å²) in [6, 6.07) is 0.253. The maximum absolute atomic E-state index is 13.4. The van der Waals surface area contributed by atoms with Gasteiger partial charge in [0.1, 0.15) is 11.4 Å².